The molecule has 0 bridgehead atoms. The second-order valence-electron chi connectivity index (χ2n) is 0. The Morgan fingerprint density at radius 2 is 0.857 bits per heavy atom. The average molecular weight is 231 g/mol. The number of rotatable bonds is 0. The molecule has 0 unspecified atom stereocenters. The van der Waals surface area contributed by atoms with Gasteiger partial charge in [0.15, 0.2) is 0 Å². The van der Waals surface area contributed by atoms with Crippen molar-refractivity contribution in [3.8, 4) is 0 Å². The molecule has 0 aromatic carbocycles. The van der Waals surface area contributed by atoms with Gasteiger partial charge in [-0.2, -0.15) is 0 Å². The zero-order valence-electron chi connectivity index (χ0n) is 2.79. The third kappa shape index (κ3) is 107. The Balaban J connectivity index is -0.000000000500. The van der Waals surface area contributed by atoms with Gasteiger partial charge in [-0.1, -0.05) is 0 Å². The Kier molecular flexibility index (Phi) is 1680. The van der Waals surface area contributed by atoms with E-state index >= 15 is 0 Å². The van der Waals surface area contributed by atoms with E-state index in [1.807, 2.05) is 0 Å². The fraction of sp³-hybridized carbons (Fsp3) is 0. The third-order valence-electron chi connectivity index (χ3n) is 0. The summed E-state index contributed by atoms with van der Waals surface area (Å²) in [5.74, 6) is 0. The van der Waals surface area contributed by atoms with Crippen LogP contribution in [0.25, 0.3) is 0 Å². The van der Waals surface area contributed by atoms with Gasteiger partial charge in [-0.15, -0.1) is 0 Å². The molecule has 0 rings (SSSR count). The Hall–Kier alpha value is 1.43. The van der Waals surface area contributed by atoms with Crippen LogP contribution < -0.4 is 0 Å². The van der Waals surface area contributed by atoms with Crippen LogP contribution in [0.3, 0.4) is 0 Å². The molecule has 0 atom stereocenters. The molecule has 0 aliphatic rings. The molecule has 7 heteroatoms. The minimum Gasteiger partial charge on any atom is 4.00 e. The fourth-order valence-electron chi connectivity index (χ4n) is 0. The van der Waals surface area contributed by atoms with Gasteiger partial charge in [0.2, 0.25) is 0 Å². The summed E-state index contributed by atoms with van der Waals surface area (Å²) in [4.78, 5) is 0. The third-order valence-corrected chi connectivity index (χ3v) is 0. The standard InChI is InChI=1S/Cu.Fe.4O.Ti/q;+2;;3*-2;+4. The maximum Gasteiger partial charge on any atom is 4.00 e. The molecule has 0 radical (unpaired) electrons. The summed E-state index contributed by atoms with van der Waals surface area (Å²) in [5, 5.41) is 0. The molecule has 0 amide bonds. The summed E-state index contributed by atoms with van der Waals surface area (Å²) >= 11 is 2.94. The summed E-state index contributed by atoms with van der Waals surface area (Å²) in [6.45, 7) is 0. The van der Waals surface area contributed by atoms with Crippen LogP contribution in [-0.2, 0) is 75.0 Å². The van der Waals surface area contributed by atoms with Gasteiger partial charge in [-0.3, -0.25) is 0 Å². The molecule has 0 aromatic rings. The van der Waals surface area contributed by atoms with Gasteiger partial charge in [0.05, 0.1) is 0 Å². The van der Waals surface area contributed by atoms with Crippen LogP contribution in [0.15, 0.2) is 0 Å². The molecule has 0 N–H and O–H groups in total. The van der Waals surface area contributed by atoms with E-state index < -0.39 is 0 Å². The van der Waals surface area contributed by atoms with Crippen molar-refractivity contribution in [3.63, 3.8) is 0 Å². The van der Waals surface area contributed by atoms with Gasteiger partial charge in [-0.05, 0) is 0 Å². The Morgan fingerprint density at radius 3 is 0.857 bits per heavy atom. The molecule has 0 aliphatic carbocycles. The Morgan fingerprint density at radius 1 is 0.857 bits per heavy atom. The van der Waals surface area contributed by atoms with E-state index in [4.69, 9.17) is 3.83 Å². The van der Waals surface area contributed by atoms with E-state index in [0.29, 0.717) is 0 Å². The van der Waals surface area contributed by atoms with Crippen molar-refractivity contribution in [2.75, 3.05) is 0 Å². The summed E-state index contributed by atoms with van der Waals surface area (Å²) < 4.78 is 7.81. The van der Waals surface area contributed by atoms with E-state index in [2.05, 4.69) is 15.9 Å². The van der Waals surface area contributed by atoms with E-state index in [0.717, 1.165) is 0 Å². The minimum absolute atomic E-state index is 0. The Labute approximate surface area is 74.7 Å². The predicted molar refractivity (Wildman–Crippen MR) is 2.75 cm³/mol. The summed E-state index contributed by atoms with van der Waals surface area (Å²) in [6.07, 6.45) is 0. The van der Waals surface area contributed by atoms with Crippen LogP contribution in [0.2, 0.25) is 0 Å². The molecule has 4 nitrogen and oxygen atoms in total. The quantitative estimate of drug-likeness (QED) is 0.516. The zero-order valence-corrected chi connectivity index (χ0v) is 6.40. The van der Waals surface area contributed by atoms with E-state index in [1.54, 1.807) is 0 Å². The van der Waals surface area contributed by atoms with Crippen molar-refractivity contribution in [2.45, 2.75) is 0 Å². The van der Waals surface area contributed by atoms with Gasteiger partial charge < -0.3 is 16.4 Å². The first-order valence-corrected chi connectivity index (χ1v) is 0.508. The molecule has 0 saturated carbocycles. The molecular weight excluding hydrogens is 231 g/mol. The van der Waals surface area contributed by atoms with Crippen molar-refractivity contribution in [1.29, 1.82) is 0 Å². The normalized spacial score (nSPS) is 0.857. The van der Waals surface area contributed by atoms with Crippen LogP contribution in [0, 0.1) is 0 Å². The van der Waals surface area contributed by atoms with Crippen LogP contribution >= 0.6 is 0 Å². The molecule has 0 heterocycles. The van der Waals surface area contributed by atoms with E-state index in [1.165, 1.54) is 0 Å². The van der Waals surface area contributed by atoms with E-state index in [-0.39, 0.29) is 55.2 Å². The van der Waals surface area contributed by atoms with Gasteiger partial charge in [0.1, 0.15) is 0 Å². The maximum atomic E-state index is 7.81. The maximum absolute atomic E-state index is 7.81. The number of hydrogen-bond donors (Lipinski definition) is 0. The van der Waals surface area contributed by atoms with Crippen LogP contribution in [-0.4, -0.2) is 0 Å². The first-order valence-electron chi connectivity index (χ1n) is 0.123. The van der Waals surface area contributed by atoms with Gasteiger partial charge >= 0.3 is 58.6 Å². The molecular formula is CuFeO4Ti. The molecule has 0 spiro atoms. The number of hydrogen-bond acceptors (Lipinski definition) is 1. The monoisotopic (exact) mass is 231 g/mol. The van der Waals surface area contributed by atoms with Gasteiger partial charge in [0.25, 0.3) is 0 Å². The molecule has 0 aliphatic heterocycles. The minimum atomic E-state index is 0. The van der Waals surface area contributed by atoms with Crippen molar-refractivity contribution in [2.24, 2.45) is 0 Å². The largest absolute Gasteiger partial charge is 4.00 e. The van der Waals surface area contributed by atoms with Gasteiger partial charge in [-0.25, -0.2) is 0 Å². The van der Waals surface area contributed by atoms with E-state index in [9.17, 15) is 0 Å². The Bertz CT molecular complexity index is 11.7. The summed E-state index contributed by atoms with van der Waals surface area (Å²) in [5.41, 5.74) is 0. The van der Waals surface area contributed by atoms with Crippen molar-refractivity contribution in [1.82, 2.24) is 0 Å². The molecule has 0 saturated heterocycles. The second-order valence-corrected chi connectivity index (χ2v) is 0. The van der Waals surface area contributed by atoms with Crippen LogP contribution in [0.4, 0.5) is 0 Å². The zero-order chi connectivity index (χ0) is 2.00. The molecule has 47 valence electrons. The summed E-state index contributed by atoms with van der Waals surface area (Å²) in [6, 6.07) is 0. The van der Waals surface area contributed by atoms with Crippen LogP contribution in [0.5, 0.6) is 0 Å². The molecule has 0 fully saturated rings. The van der Waals surface area contributed by atoms with Crippen molar-refractivity contribution in [3.05, 3.63) is 0 Å². The first-order chi connectivity index (χ1) is 1.00. The molecule has 0 aromatic heterocycles. The molecule has 7 heavy (non-hydrogen) atoms. The first kappa shape index (κ1) is 78.7. The van der Waals surface area contributed by atoms with Crippen molar-refractivity contribution < 1.29 is 75.0 Å². The topological polar surface area (TPSA) is 103 Å². The fourth-order valence-corrected chi connectivity index (χ4v) is 0. The predicted octanol–water partition coefficient (Wildman–Crippen LogP) is -0.483. The van der Waals surface area contributed by atoms with Gasteiger partial charge in [0, 0.05) is 0 Å². The smallest absolute Gasteiger partial charge is 4.00 e. The average Bonchev–Trinajstić information content (AvgIpc) is 1.00. The second kappa shape index (κ2) is 150. The SMILES string of the molecule is [Fe+2].[O-2].[O-2].[O-2].[O]=[Cu].[Ti+4]. The van der Waals surface area contributed by atoms with Crippen molar-refractivity contribution >= 4 is 0 Å². The van der Waals surface area contributed by atoms with Crippen LogP contribution in [0.1, 0.15) is 0 Å². The summed E-state index contributed by atoms with van der Waals surface area (Å²) in [7, 11) is 0.